The van der Waals surface area contributed by atoms with E-state index in [2.05, 4.69) is 17.2 Å². The molecule has 0 aliphatic carbocycles. The fraction of sp³-hybridized carbons (Fsp3) is 0.333. The molecule has 1 heterocycles. The van der Waals surface area contributed by atoms with Gasteiger partial charge in [-0.3, -0.25) is 4.68 Å². The third-order valence-electron chi connectivity index (χ3n) is 2.42. The summed E-state index contributed by atoms with van der Waals surface area (Å²) in [5.41, 5.74) is 1.69. The second kappa shape index (κ2) is 4.79. The van der Waals surface area contributed by atoms with Gasteiger partial charge in [-0.1, -0.05) is 30.7 Å². The minimum atomic E-state index is 0.251. The molecule has 0 atom stereocenters. The summed E-state index contributed by atoms with van der Waals surface area (Å²) in [4.78, 5) is 0. The molecule has 4 heteroatoms. The maximum atomic E-state index is 9.37. The number of phenolic OH excluding ortho intramolecular Hbond substituents is 1. The lowest BCUT2D eigenvalue weighted by atomic mass is 10.1. The first-order valence-electron chi connectivity index (χ1n) is 5.49. The average Bonchev–Trinajstić information content (AvgIpc) is 2.75. The Bertz CT molecular complexity index is 465. The molecule has 1 N–H and O–H groups in total. The maximum absolute atomic E-state index is 9.37. The van der Waals surface area contributed by atoms with Crippen LogP contribution >= 0.6 is 0 Å². The first-order chi connectivity index (χ1) is 7.79. The summed E-state index contributed by atoms with van der Waals surface area (Å²) < 4.78 is 1.84. The number of phenols is 1. The van der Waals surface area contributed by atoms with E-state index in [1.165, 1.54) is 0 Å². The Balaban J connectivity index is 2.18. The third kappa shape index (κ3) is 2.39. The Morgan fingerprint density at radius 1 is 1.38 bits per heavy atom. The predicted molar refractivity (Wildman–Crippen MR) is 62.0 cm³/mol. The van der Waals surface area contributed by atoms with Crippen LogP contribution in [0.4, 0.5) is 0 Å². The molecule has 0 aliphatic heterocycles. The Kier molecular flexibility index (Phi) is 3.19. The van der Waals surface area contributed by atoms with Gasteiger partial charge in [0.2, 0.25) is 0 Å². The fourth-order valence-corrected chi connectivity index (χ4v) is 1.53. The highest BCUT2D eigenvalue weighted by Gasteiger charge is 2.03. The molecule has 0 bridgehead atoms. The number of rotatable bonds is 4. The summed E-state index contributed by atoms with van der Waals surface area (Å²) in [7, 11) is 0. The van der Waals surface area contributed by atoms with Crippen molar-refractivity contribution < 1.29 is 5.11 Å². The summed E-state index contributed by atoms with van der Waals surface area (Å²) in [5.74, 6) is 0.251. The highest BCUT2D eigenvalue weighted by molar-refractivity contribution is 5.59. The molecule has 0 radical (unpaired) electrons. The van der Waals surface area contributed by atoms with Crippen molar-refractivity contribution in [3.8, 4) is 17.0 Å². The molecule has 16 heavy (non-hydrogen) atoms. The quantitative estimate of drug-likeness (QED) is 0.855. The van der Waals surface area contributed by atoms with Crippen molar-refractivity contribution in [3.63, 3.8) is 0 Å². The Morgan fingerprint density at radius 2 is 2.25 bits per heavy atom. The van der Waals surface area contributed by atoms with Gasteiger partial charge in [-0.2, -0.15) is 0 Å². The summed E-state index contributed by atoms with van der Waals surface area (Å²) >= 11 is 0. The maximum Gasteiger partial charge on any atom is 0.116 e. The van der Waals surface area contributed by atoms with Gasteiger partial charge in [0.25, 0.3) is 0 Å². The molecule has 0 fully saturated rings. The largest absolute Gasteiger partial charge is 0.508 e. The predicted octanol–water partition coefficient (Wildman–Crippen LogP) is 2.45. The van der Waals surface area contributed by atoms with Crippen LogP contribution in [0.1, 0.15) is 19.8 Å². The van der Waals surface area contributed by atoms with Gasteiger partial charge < -0.3 is 5.11 Å². The minimum Gasteiger partial charge on any atom is -0.508 e. The van der Waals surface area contributed by atoms with Crippen LogP contribution in [0.2, 0.25) is 0 Å². The van der Waals surface area contributed by atoms with Gasteiger partial charge in [0.15, 0.2) is 0 Å². The zero-order valence-electron chi connectivity index (χ0n) is 9.30. The number of benzene rings is 1. The topological polar surface area (TPSA) is 50.9 Å². The summed E-state index contributed by atoms with van der Waals surface area (Å²) in [5, 5.41) is 17.5. The van der Waals surface area contributed by atoms with E-state index in [4.69, 9.17) is 0 Å². The summed E-state index contributed by atoms with van der Waals surface area (Å²) in [6.07, 6.45) is 4.15. The van der Waals surface area contributed by atoms with Crippen molar-refractivity contribution in [2.75, 3.05) is 0 Å². The molecule has 1 aromatic heterocycles. The van der Waals surface area contributed by atoms with E-state index >= 15 is 0 Å². The van der Waals surface area contributed by atoms with Gasteiger partial charge in [-0.25, -0.2) is 0 Å². The zero-order valence-corrected chi connectivity index (χ0v) is 9.30. The number of aromatic hydroxyl groups is 1. The molecule has 2 aromatic rings. The molecular formula is C12H15N3O. The lowest BCUT2D eigenvalue weighted by Crippen LogP contribution is -1.97. The second-order valence-electron chi connectivity index (χ2n) is 3.77. The van der Waals surface area contributed by atoms with Gasteiger partial charge in [0.05, 0.1) is 6.20 Å². The molecule has 2 rings (SSSR count). The highest BCUT2D eigenvalue weighted by Crippen LogP contribution is 2.20. The summed E-state index contributed by atoms with van der Waals surface area (Å²) in [6, 6.07) is 7.04. The van der Waals surface area contributed by atoms with Crippen LogP contribution in [0.25, 0.3) is 11.3 Å². The molecule has 1 aromatic carbocycles. The van der Waals surface area contributed by atoms with Crippen LogP contribution in [0.15, 0.2) is 30.5 Å². The normalized spacial score (nSPS) is 10.6. The summed E-state index contributed by atoms with van der Waals surface area (Å²) in [6.45, 7) is 3.04. The van der Waals surface area contributed by atoms with E-state index in [9.17, 15) is 5.11 Å². The molecule has 0 unspecified atom stereocenters. The van der Waals surface area contributed by atoms with Crippen molar-refractivity contribution in [1.29, 1.82) is 0 Å². The Hall–Kier alpha value is -1.84. The van der Waals surface area contributed by atoms with E-state index < -0.39 is 0 Å². The first-order valence-corrected chi connectivity index (χ1v) is 5.49. The molecule has 0 aliphatic rings. The van der Waals surface area contributed by atoms with Crippen molar-refractivity contribution in [2.45, 2.75) is 26.3 Å². The van der Waals surface area contributed by atoms with Gasteiger partial charge >= 0.3 is 0 Å². The molecule has 0 amide bonds. The lowest BCUT2D eigenvalue weighted by Gasteiger charge is -1.97. The van der Waals surface area contributed by atoms with Gasteiger partial charge in [-0.15, -0.1) is 5.10 Å². The zero-order chi connectivity index (χ0) is 11.4. The number of aryl methyl sites for hydroxylation is 1. The number of aromatic nitrogens is 3. The van der Waals surface area contributed by atoms with Crippen molar-refractivity contribution >= 4 is 0 Å². The minimum absolute atomic E-state index is 0.251. The molecule has 4 nitrogen and oxygen atoms in total. The lowest BCUT2D eigenvalue weighted by molar-refractivity contribution is 0.475. The first kappa shape index (κ1) is 10.7. The van der Waals surface area contributed by atoms with Crippen LogP contribution in [-0.4, -0.2) is 20.1 Å². The molecular weight excluding hydrogens is 202 g/mol. The monoisotopic (exact) mass is 217 g/mol. The molecule has 84 valence electrons. The standard InChI is InChI=1S/C12H15N3O/c1-2-3-7-15-9-12(13-14-15)10-5-4-6-11(16)8-10/h4-6,8-9,16H,2-3,7H2,1H3. The third-order valence-corrected chi connectivity index (χ3v) is 2.42. The van der Waals surface area contributed by atoms with Gasteiger partial charge in [0, 0.05) is 12.1 Å². The SMILES string of the molecule is CCCCn1cc(-c2cccc(O)c2)nn1. The van der Waals surface area contributed by atoms with E-state index in [0.717, 1.165) is 30.6 Å². The number of hydrogen-bond donors (Lipinski definition) is 1. The van der Waals surface area contributed by atoms with Gasteiger partial charge in [-0.05, 0) is 18.6 Å². The van der Waals surface area contributed by atoms with Crippen molar-refractivity contribution in [3.05, 3.63) is 30.5 Å². The van der Waals surface area contributed by atoms with Crippen LogP contribution in [0, 0.1) is 0 Å². The van der Waals surface area contributed by atoms with Gasteiger partial charge in [0.1, 0.15) is 11.4 Å². The highest BCUT2D eigenvalue weighted by atomic mass is 16.3. The van der Waals surface area contributed by atoms with Crippen LogP contribution < -0.4 is 0 Å². The molecule has 0 saturated heterocycles. The Labute approximate surface area is 94.5 Å². The van der Waals surface area contributed by atoms with Crippen LogP contribution in [0.3, 0.4) is 0 Å². The van der Waals surface area contributed by atoms with Crippen molar-refractivity contribution in [2.24, 2.45) is 0 Å². The average molecular weight is 217 g/mol. The molecule has 0 saturated carbocycles. The number of hydrogen-bond acceptors (Lipinski definition) is 3. The fourth-order valence-electron chi connectivity index (χ4n) is 1.53. The van der Waals surface area contributed by atoms with Crippen molar-refractivity contribution in [1.82, 2.24) is 15.0 Å². The number of unbranched alkanes of at least 4 members (excludes halogenated alkanes) is 1. The smallest absolute Gasteiger partial charge is 0.116 e. The van der Waals surface area contributed by atoms with E-state index in [0.29, 0.717) is 0 Å². The van der Waals surface area contributed by atoms with E-state index in [-0.39, 0.29) is 5.75 Å². The number of nitrogens with zero attached hydrogens (tertiary/aromatic N) is 3. The second-order valence-corrected chi connectivity index (χ2v) is 3.77. The Morgan fingerprint density at radius 3 is 3.00 bits per heavy atom. The van der Waals surface area contributed by atoms with E-state index in [1.807, 2.05) is 16.9 Å². The molecule has 0 spiro atoms. The van der Waals surface area contributed by atoms with E-state index in [1.54, 1.807) is 18.2 Å². The van der Waals surface area contributed by atoms with Crippen LogP contribution in [-0.2, 0) is 6.54 Å². The van der Waals surface area contributed by atoms with Crippen LogP contribution in [0.5, 0.6) is 5.75 Å².